The van der Waals surface area contributed by atoms with Crippen LogP contribution in [0.15, 0.2) is 18.2 Å². The molecular weight excluding hydrogens is 172 g/mol. The Labute approximate surface area is 78.0 Å². The standard InChI is InChI=1S/C10H13ClO/c1-7-4-5-9(11)8(6-7)10(2,3)12/h4-6,12H,1-3H3. The quantitative estimate of drug-likeness (QED) is 0.712. The molecule has 0 fully saturated rings. The summed E-state index contributed by atoms with van der Waals surface area (Å²) in [6.45, 7) is 5.44. The third-order valence-corrected chi connectivity index (χ3v) is 2.11. The van der Waals surface area contributed by atoms with E-state index in [0.717, 1.165) is 11.1 Å². The van der Waals surface area contributed by atoms with Gasteiger partial charge in [0.1, 0.15) is 0 Å². The second-order valence-electron chi connectivity index (χ2n) is 3.54. The zero-order valence-electron chi connectivity index (χ0n) is 7.56. The lowest BCUT2D eigenvalue weighted by molar-refractivity contribution is 0.0786. The van der Waals surface area contributed by atoms with Gasteiger partial charge in [-0.25, -0.2) is 0 Å². The molecule has 0 aliphatic carbocycles. The van der Waals surface area contributed by atoms with E-state index in [1.807, 2.05) is 25.1 Å². The first kappa shape index (κ1) is 9.56. The van der Waals surface area contributed by atoms with Crippen molar-refractivity contribution in [2.45, 2.75) is 26.4 Å². The Hall–Kier alpha value is -0.530. The maximum Gasteiger partial charge on any atom is 0.0854 e. The molecular formula is C10H13ClO. The molecule has 0 aliphatic heterocycles. The van der Waals surface area contributed by atoms with Crippen molar-refractivity contribution in [3.8, 4) is 0 Å². The summed E-state index contributed by atoms with van der Waals surface area (Å²) >= 11 is 5.92. The molecule has 0 radical (unpaired) electrons. The van der Waals surface area contributed by atoms with Crippen LogP contribution < -0.4 is 0 Å². The van der Waals surface area contributed by atoms with Gasteiger partial charge in [0.05, 0.1) is 5.60 Å². The predicted octanol–water partition coefficient (Wildman–Crippen LogP) is 2.88. The maximum absolute atomic E-state index is 9.71. The van der Waals surface area contributed by atoms with Crippen molar-refractivity contribution in [2.75, 3.05) is 0 Å². The van der Waals surface area contributed by atoms with Gasteiger partial charge in [-0.05, 0) is 26.8 Å². The summed E-state index contributed by atoms with van der Waals surface area (Å²) < 4.78 is 0. The highest BCUT2D eigenvalue weighted by atomic mass is 35.5. The molecule has 1 rings (SSSR count). The molecule has 2 heteroatoms. The molecule has 0 spiro atoms. The first-order valence-corrected chi connectivity index (χ1v) is 4.28. The number of hydrogen-bond donors (Lipinski definition) is 1. The van der Waals surface area contributed by atoms with Crippen LogP contribution in [0.2, 0.25) is 5.02 Å². The first-order chi connectivity index (χ1) is 5.41. The van der Waals surface area contributed by atoms with Gasteiger partial charge in [-0.2, -0.15) is 0 Å². The van der Waals surface area contributed by atoms with Crippen molar-refractivity contribution in [2.24, 2.45) is 0 Å². The molecule has 66 valence electrons. The first-order valence-electron chi connectivity index (χ1n) is 3.90. The van der Waals surface area contributed by atoms with Crippen LogP contribution >= 0.6 is 11.6 Å². The predicted molar refractivity (Wildman–Crippen MR) is 51.4 cm³/mol. The van der Waals surface area contributed by atoms with Crippen LogP contribution in [-0.4, -0.2) is 5.11 Å². The summed E-state index contributed by atoms with van der Waals surface area (Å²) in [5, 5.41) is 10.3. The van der Waals surface area contributed by atoms with Crippen LogP contribution in [-0.2, 0) is 5.60 Å². The van der Waals surface area contributed by atoms with Gasteiger partial charge in [-0.15, -0.1) is 0 Å². The smallest absolute Gasteiger partial charge is 0.0854 e. The van der Waals surface area contributed by atoms with E-state index in [1.54, 1.807) is 13.8 Å². The van der Waals surface area contributed by atoms with Gasteiger partial charge < -0.3 is 5.11 Å². The number of hydrogen-bond acceptors (Lipinski definition) is 1. The van der Waals surface area contributed by atoms with Gasteiger partial charge in [0.15, 0.2) is 0 Å². The molecule has 12 heavy (non-hydrogen) atoms. The average molecular weight is 185 g/mol. The molecule has 0 bridgehead atoms. The second-order valence-corrected chi connectivity index (χ2v) is 3.95. The summed E-state index contributed by atoms with van der Waals surface area (Å²) in [4.78, 5) is 0. The maximum atomic E-state index is 9.71. The zero-order valence-corrected chi connectivity index (χ0v) is 8.31. The van der Waals surface area contributed by atoms with E-state index in [-0.39, 0.29) is 0 Å². The SMILES string of the molecule is Cc1ccc(Cl)c(C(C)(C)O)c1. The fourth-order valence-electron chi connectivity index (χ4n) is 1.11. The Morgan fingerprint density at radius 1 is 1.33 bits per heavy atom. The van der Waals surface area contributed by atoms with E-state index >= 15 is 0 Å². The molecule has 0 aromatic heterocycles. The third kappa shape index (κ3) is 1.99. The van der Waals surface area contributed by atoms with E-state index in [9.17, 15) is 5.11 Å². The largest absolute Gasteiger partial charge is 0.386 e. The number of aliphatic hydroxyl groups is 1. The van der Waals surface area contributed by atoms with E-state index in [2.05, 4.69) is 0 Å². The van der Waals surface area contributed by atoms with Gasteiger partial charge in [-0.3, -0.25) is 0 Å². The van der Waals surface area contributed by atoms with Crippen LogP contribution in [0.3, 0.4) is 0 Å². The van der Waals surface area contributed by atoms with Crippen molar-refractivity contribution >= 4 is 11.6 Å². The zero-order chi connectivity index (χ0) is 9.35. The lowest BCUT2D eigenvalue weighted by Gasteiger charge is -2.19. The number of rotatable bonds is 1. The molecule has 0 heterocycles. The van der Waals surface area contributed by atoms with Crippen LogP contribution in [0.25, 0.3) is 0 Å². The Morgan fingerprint density at radius 2 is 1.92 bits per heavy atom. The molecule has 0 saturated carbocycles. The Kier molecular flexibility index (Phi) is 2.45. The van der Waals surface area contributed by atoms with E-state index < -0.39 is 5.60 Å². The topological polar surface area (TPSA) is 20.2 Å². The van der Waals surface area contributed by atoms with Crippen molar-refractivity contribution < 1.29 is 5.11 Å². The molecule has 0 aliphatic rings. The number of benzene rings is 1. The molecule has 1 nitrogen and oxygen atoms in total. The van der Waals surface area contributed by atoms with E-state index in [4.69, 9.17) is 11.6 Å². The summed E-state index contributed by atoms with van der Waals surface area (Å²) in [6, 6.07) is 5.64. The summed E-state index contributed by atoms with van der Waals surface area (Å²) in [7, 11) is 0. The number of halogens is 1. The van der Waals surface area contributed by atoms with Gasteiger partial charge in [-0.1, -0.05) is 29.3 Å². The molecule has 1 aromatic carbocycles. The molecule has 0 atom stereocenters. The van der Waals surface area contributed by atoms with E-state index in [0.29, 0.717) is 5.02 Å². The highest BCUT2D eigenvalue weighted by molar-refractivity contribution is 6.31. The van der Waals surface area contributed by atoms with Crippen LogP contribution in [0.1, 0.15) is 25.0 Å². The minimum atomic E-state index is -0.858. The summed E-state index contributed by atoms with van der Waals surface area (Å²) in [5.41, 5.74) is 1.03. The Balaban J connectivity index is 3.23. The molecule has 0 saturated heterocycles. The fourth-order valence-corrected chi connectivity index (χ4v) is 1.46. The normalized spacial score (nSPS) is 11.8. The summed E-state index contributed by atoms with van der Waals surface area (Å²) in [6.07, 6.45) is 0. The molecule has 0 unspecified atom stereocenters. The van der Waals surface area contributed by atoms with Crippen molar-refractivity contribution in [1.82, 2.24) is 0 Å². The number of aryl methyl sites for hydroxylation is 1. The van der Waals surface area contributed by atoms with Crippen LogP contribution in [0, 0.1) is 6.92 Å². The highest BCUT2D eigenvalue weighted by Crippen LogP contribution is 2.27. The average Bonchev–Trinajstić information content (AvgIpc) is 1.92. The molecule has 1 N–H and O–H groups in total. The van der Waals surface area contributed by atoms with Gasteiger partial charge in [0.25, 0.3) is 0 Å². The summed E-state index contributed by atoms with van der Waals surface area (Å²) in [5.74, 6) is 0. The van der Waals surface area contributed by atoms with E-state index in [1.165, 1.54) is 0 Å². The van der Waals surface area contributed by atoms with Crippen molar-refractivity contribution in [1.29, 1.82) is 0 Å². The minimum Gasteiger partial charge on any atom is -0.386 e. The van der Waals surface area contributed by atoms with Crippen molar-refractivity contribution in [3.05, 3.63) is 34.3 Å². The Bertz CT molecular complexity index is 286. The minimum absolute atomic E-state index is 0.619. The van der Waals surface area contributed by atoms with Gasteiger partial charge >= 0.3 is 0 Å². The highest BCUT2D eigenvalue weighted by Gasteiger charge is 2.18. The monoisotopic (exact) mass is 184 g/mol. The van der Waals surface area contributed by atoms with Gasteiger partial charge in [0.2, 0.25) is 0 Å². The van der Waals surface area contributed by atoms with Crippen LogP contribution in [0.5, 0.6) is 0 Å². The molecule has 1 aromatic rings. The van der Waals surface area contributed by atoms with Crippen LogP contribution in [0.4, 0.5) is 0 Å². The van der Waals surface area contributed by atoms with Gasteiger partial charge in [0, 0.05) is 10.6 Å². The fraction of sp³-hybridized carbons (Fsp3) is 0.400. The second kappa shape index (κ2) is 3.08. The lowest BCUT2D eigenvalue weighted by atomic mass is 9.97. The Morgan fingerprint density at radius 3 is 2.33 bits per heavy atom. The third-order valence-electron chi connectivity index (χ3n) is 1.78. The molecule has 0 amide bonds. The lowest BCUT2D eigenvalue weighted by Crippen LogP contribution is -2.16. The van der Waals surface area contributed by atoms with Crippen molar-refractivity contribution in [3.63, 3.8) is 0 Å².